The first-order valence-electron chi connectivity index (χ1n) is 5.37. The number of hydrogen-bond donors (Lipinski definition) is 0. The fraction of sp³-hybridized carbons (Fsp3) is 0.818. The normalized spacial score (nSPS) is 22.1. The molecule has 1 amide bonds. The summed E-state index contributed by atoms with van der Waals surface area (Å²) in [7, 11) is 0. The third-order valence-corrected chi connectivity index (χ3v) is 2.68. The first-order chi connectivity index (χ1) is 6.56. The summed E-state index contributed by atoms with van der Waals surface area (Å²) in [6.45, 7) is 7.28. The van der Waals surface area contributed by atoms with E-state index in [1.807, 2.05) is 25.7 Å². The molecule has 0 radical (unpaired) electrons. The zero-order valence-electron chi connectivity index (χ0n) is 9.25. The molecule has 3 heteroatoms. The lowest BCUT2D eigenvalue weighted by Crippen LogP contribution is -2.27. The van der Waals surface area contributed by atoms with Crippen LogP contribution in [0.25, 0.3) is 0 Å². The fourth-order valence-corrected chi connectivity index (χ4v) is 1.92. The van der Waals surface area contributed by atoms with Crippen LogP contribution in [0.3, 0.4) is 0 Å². The maximum absolute atomic E-state index is 11.7. The van der Waals surface area contributed by atoms with Gasteiger partial charge in [0.15, 0.2) is 0 Å². The van der Waals surface area contributed by atoms with Crippen molar-refractivity contribution in [2.24, 2.45) is 11.8 Å². The minimum absolute atomic E-state index is 0.0472. The number of carbonyl (C=O) groups is 2. The lowest BCUT2D eigenvalue weighted by Gasteiger charge is -2.15. The molecule has 1 saturated heterocycles. The molecular formula is C11H19NO2. The molecule has 0 saturated carbocycles. The number of likely N-dealkylation sites (tertiary alicyclic amines) is 1. The molecule has 1 rings (SSSR count). The highest BCUT2D eigenvalue weighted by atomic mass is 16.2. The Morgan fingerprint density at radius 3 is 2.71 bits per heavy atom. The zero-order valence-corrected chi connectivity index (χ0v) is 9.25. The van der Waals surface area contributed by atoms with Crippen LogP contribution in [0.2, 0.25) is 0 Å². The molecule has 3 nitrogen and oxygen atoms in total. The molecular weight excluding hydrogens is 178 g/mol. The van der Waals surface area contributed by atoms with Crippen molar-refractivity contribution in [2.45, 2.75) is 33.6 Å². The molecule has 0 N–H and O–H groups in total. The van der Waals surface area contributed by atoms with Gasteiger partial charge in [-0.15, -0.1) is 0 Å². The molecule has 0 aromatic carbocycles. The van der Waals surface area contributed by atoms with Crippen LogP contribution >= 0.6 is 0 Å². The highest BCUT2D eigenvalue weighted by Crippen LogP contribution is 2.21. The molecule has 0 aromatic rings. The molecule has 0 aromatic heterocycles. The van der Waals surface area contributed by atoms with E-state index in [4.69, 9.17) is 0 Å². The number of rotatable bonds is 4. The first kappa shape index (κ1) is 11.2. The second-order valence-corrected chi connectivity index (χ2v) is 4.30. The van der Waals surface area contributed by atoms with Gasteiger partial charge in [-0.1, -0.05) is 20.8 Å². The number of ketones is 1. The summed E-state index contributed by atoms with van der Waals surface area (Å²) in [5, 5.41) is 0. The van der Waals surface area contributed by atoms with Crippen molar-refractivity contribution in [3.8, 4) is 0 Å². The summed E-state index contributed by atoms with van der Waals surface area (Å²) < 4.78 is 0. The maximum atomic E-state index is 11.7. The predicted octanol–water partition coefficient (Wildman–Crippen LogP) is 1.47. The molecule has 1 aliphatic heterocycles. The van der Waals surface area contributed by atoms with Crippen molar-refractivity contribution >= 4 is 11.7 Å². The van der Waals surface area contributed by atoms with E-state index in [0.29, 0.717) is 13.0 Å². The Morgan fingerprint density at radius 2 is 2.21 bits per heavy atom. The van der Waals surface area contributed by atoms with E-state index < -0.39 is 0 Å². The summed E-state index contributed by atoms with van der Waals surface area (Å²) in [5.41, 5.74) is 0. The van der Waals surface area contributed by atoms with E-state index in [-0.39, 0.29) is 23.5 Å². The molecule has 0 spiro atoms. The number of nitrogens with zero attached hydrogens (tertiary/aromatic N) is 1. The van der Waals surface area contributed by atoms with Gasteiger partial charge in [0.1, 0.15) is 5.78 Å². The third kappa shape index (κ3) is 2.34. The summed E-state index contributed by atoms with van der Waals surface area (Å²) in [6.07, 6.45) is 1.39. The van der Waals surface area contributed by atoms with Gasteiger partial charge in [-0.25, -0.2) is 0 Å². The van der Waals surface area contributed by atoms with E-state index >= 15 is 0 Å². The van der Waals surface area contributed by atoms with Gasteiger partial charge in [0.2, 0.25) is 5.91 Å². The first-order valence-corrected chi connectivity index (χ1v) is 5.37. The fourth-order valence-electron chi connectivity index (χ4n) is 1.92. The van der Waals surface area contributed by atoms with Crippen LogP contribution in [0, 0.1) is 11.8 Å². The lowest BCUT2D eigenvalue weighted by atomic mass is 9.95. The van der Waals surface area contributed by atoms with Crippen LogP contribution in [-0.4, -0.2) is 29.7 Å². The Balaban J connectivity index is 2.54. The van der Waals surface area contributed by atoms with E-state index in [1.165, 1.54) is 0 Å². The third-order valence-electron chi connectivity index (χ3n) is 2.68. The van der Waals surface area contributed by atoms with Crippen LogP contribution in [0.15, 0.2) is 0 Å². The molecule has 14 heavy (non-hydrogen) atoms. The van der Waals surface area contributed by atoms with Crippen molar-refractivity contribution in [2.75, 3.05) is 13.1 Å². The summed E-state index contributed by atoms with van der Waals surface area (Å²) in [5.74, 6) is 0.381. The van der Waals surface area contributed by atoms with Gasteiger partial charge in [0.05, 0.1) is 0 Å². The van der Waals surface area contributed by atoms with E-state index in [0.717, 1.165) is 13.0 Å². The average molecular weight is 197 g/mol. The number of hydrogen-bond acceptors (Lipinski definition) is 2. The van der Waals surface area contributed by atoms with Gasteiger partial charge in [-0.05, 0) is 6.42 Å². The molecule has 1 aliphatic rings. The SMILES string of the molecule is CCCN1C[C@H](C(=O)C(C)C)CC1=O. The predicted molar refractivity (Wildman–Crippen MR) is 54.8 cm³/mol. The monoisotopic (exact) mass is 197 g/mol. The second-order valence-electron chi connectivity index (χ2n) is 4.30. The van der Waals surface area contributed by atoms with Crippen LogP contribution in [0.4, 0.5) is 0 Å². The minimum Gasteiger partial charge on any atom is -0.342 e. The van der Waals surface area contributed by atoms with Gasteiger partial charge in [0, 0.05) is 31.3 Å². The maximum Gasteiger partial charge on any atom is 0.223 e. The smallest absolute Gasteiger partial charge is 0.223 e. The highest BCUT2D eigenvalue weighted by Gasteiger charge is 2.34. The van der Waals surface area contributed by atoms with Crippen LogP contribution in [0.1, 0.15) is 33.6 Å². The van der Waals surface area contributed by atoms with Gasteiger partial charge < -0.3 is 4.90 Å². The number of Topliss-reactive ketones (excluding diaryl/α,β-unsaturated/α-hetero) is 1. The van der Waals surface area contributed by atoms with E-state index in [2.05, 4.69) is 0 Å². The van der Waals surface area contributed by atoms with Crippen LogP contribution in [-0.2, 0) is 9.59 Å². The van der Waals surface area contributed by atoms with Crippen LogP contribution in [0.5, 0.6) is 0 Å². The molecule has 1 heterocycles. The van der Waals surface area contributed by atoms with E-state index in [9.17, 15) is 9.59 Å². The molecule has 1 atom stereocenters. The second kappa shape index (κ2) is 4.58. The minimum atomic E-state index is -0.0472. The van der Waals surface area contributed by atoms with Crippen molar-refractivity contribution in [1.82, 2.24) is 4.90 Å². The van der Waals surface area contributed by atoms with Gasteiger partial charge >= 0.3 is 0 Å². The summed E-state index contributed by atoms with van der Waals surface area (Å²) >= 11 is 0. The van der Waals surface area contributed by atoms with Gasteiger partial charge in [0.25, 0.3) is 0 Å². The molecule has 80 valence electrons. The zero-order chi connectivity index (χ0) is 10.7. The topological polar surface area (TPSA) is 37.4 Å². The molecule has 1 fully saturated rings. The highest BCUT2D eigenvalue weighted by molar-refractivity contribution is 5.91. The Kier molecular flexibility index (Phi) is 3.67. The van der Waals surface area contributed by atoms with Gasteiger partial charge in [-0.2, -0.15) is 0 Å². The quantitative estimate of drug-likeness (QED) is 0.684. The Hall–Kier alpha value is -0.860. The van der Waals surface area contributed by atoms with Crippen LogP contribution < -0.4 is 0 Å². The number of carbonyl (C=O) groups excluding carboxylic acids is 2. The lowest BCUT2D eigenvalue weighted by molar-refractivity contribution is -0.129. The van der Waals surface area contributed by atoms with Gasteiger partial charge in [-0.3, -0.25) is 9.59 Å². The molecule has 0 bridgehead atoms. The standard InChI is InChI=1S/C11H19NO2/c1-4-5-12-7-9(6-10(12)13)11(14)8(2)3/h8-9H,4-7H2,1-3H3/t9-/m1/s1. The van der Waals surface area contributed by atoms with E-state index in [1.54, 1.807) is 0 Å². The van der Waals surface area contributed by atoms with Crippen molar-refractivity contribution < 1.29 is 9.59 Å². The average Bonchev–Trinajstić information content (AvgIpc) is 2.47. The Morgan fingerprint density at radius 1 is 1.57 bits per heavy atom. The molecule has 0 unspecified atom stereocenters. The molecule has 0 aliphatic carbocycles. The largest absolute Gasteiger partial charge is 0.342 e. The van der Waals surface area contributed by atoms with Crippen molar-refractivity contribution in [3.05, 3.63) is 0 Å². The summed E-state index contributed by atoms with van der Waals surface area (Å²) in [6, 6.07) is 0. The Labute approximate surface area is 85.5 Å². The van der Waals surface area contributed by atoms with Crippen molar-refractivity contribution in [3.63, 3.8) is 0 Å². The van der Waals surface area contributed by atoms with Crippen molar-refractivity contribution in [1.29, 1.82) is 0 Å². The summed E-state index contributed by atoms with van der Waals surface area (Å²) in [4.78, 5) is 24.9. The Bertz CT molecular complexity index is 235. The number of amides is 1.